The number of methoxy groups -OCH3 is 1. The van der Waals surface area contributed by atoms with Crippen LogP contribution < -0.4 is 10.6 Å². The van der Waals surface area contributed by atoms with Crippen molar-refractivity contribution in [1.82, 2.24) is 15.2 Å². The number of carbonyl (C=O) groups excluding carboxylic acids is 1. The number of hydrogen-bond acceptors (Lipinski definition) is 3. The molecule has 0 radical (unpaired) electrons. The average molecular weight is 279 g/mol. The van der Waals surface area contributed by atoms with E-state index >= 15 is 0 Å². The van der Waals surface area contributed by atoms with Crippen LogP contribution in [0.5, 0.6) is 0 Å². The van der Waals surface area contributed by atoms with Gasteiger partial charge in [0.25, 0.3) is 5.91 Å². The first-order valence-corrected chi connectivity index (χ1v) is 7.22. The van der Waals surface area contributed by atoms with Gasteiger partial charge in [-0.2, -0.15) is 0 Å². The maximum absolute atomic E-state index is 12.5. The van der Waals surface area contributed by atoms with Crippen LogP contribution in [0.15, 0.2) is 18.3 Å². The maximum Gasteiger partial charge on any atom is 0.268 e. The number of ether oxygens (including phenoxy) is 1. The lowest BCUT2D eigenvalue weighted by Gasteiger charge is -2.28. The van der Waals surface area contributed by atoms with Gasteiger partial charge < -0.3 is 19.9 Å². The molecule has 1 aliphatic rings. The van der Waals surface area contributed by atoms with E-state index in [0.717, 1.165) is 31.6 Å². The van der Waals surface area contributed by atoms with Crippen molar-refractivity contribution in [2.75, 3.05) is 26.8 Å². The summed E-state index contributed by atoms with van der Waals surface area (Å²) in [7, 11) is 1.64. The van der Waals surface area contributed by atoms with Gasteiger partial charge in [0.15, 0.2) is 0 Å². The van der Waals surface area contributed by atoms with E-state index in [0.29, 0.717) is 12.6 Å². The summed E-state index contributed by atoms with van der Waals surface area (Å²) in [5.41, 5.74) is 0.371. The highest BCUT2D eigenvalue weighted by molar-refractivity contribution is 5.93. The second-order valence-electron chi connectivity index (χ2n) is 6.05. The predicted molar refractivity (Wildman–Crippen MR) is 79.0 cm³/mol. The molecule has 0 atom stereocenters. The second kappa shape index (κ2) is 6.41. The van der Waals surface area contributed by atoms with Gasteiger partial charge in [0.05, 0.1) is 12.1 Å². The van der Waals surface area contributed by atoms with Gasteiger partial charge in [-0.25, -0.2) is 0 Å². The molecular weight excluding hydrogens is 254 g/mol. The molecule has 1 fully saturated rings. The van der Waals surface area contributed by atoms with Gasteiger partial charge in [0, 0.05) is 19.3 Å². The number of nitrogens with one attached hydrogen (secondary N) is 2. The third-order valence-electron chi connectivity index (χ3n) is 3.67. The summed E-state index contributed by atoms with van der Waals surface area (Å²) in [5, 5.41) is 6.39. The lowest BCUT2D eigenvalue weighted by Crippen LogP contribution is -2.47. The van der Waals surface area contributed by atoms with E-state index < -0.39 is 0 Å². The third kappa shape index (κ3) is 3.61. The van der Waals surface area contributed by atoms with Crippen molar-refractivity contribution in [2.45, 2.75) is 38.3 Å². The molecule has 0 unspecified atom stereocenters. The van der Waals surface area contributed by atoms with Crippen LogP contribution in [0.2, 0.25) is 0 Å². The Morgan fingerprint density at radius 2 is 2.20 bits per heavy atom. The molecule has 1 amide bonds. The molecule has 5 heteroatoms. The Hall–Kier alpha value is -1.33. The number of carbonyl (C=O) groups is 1. The van der Waals surface area contributed by atoms with Gasteiger partial charge in [-0.1, -0.05) is 0 Å². The fraction of sp³-hybridized carbons (Fsp3) is 0.667. The van der Waals surface area contributed by atoms with Gasteiger partial charge >= 0.3 is 0 Å². The lowest BCUT2D eigenvalue weighted by atomic mass is 10.1. The first kappa shape index (κ1) is 15.1. The van der Waals surface area contributed by atoms with Gasteiger partial charge in [-0.15, -0.1) is 0 Å². The molecule has 2 N–H and O–H groups in total. The van der Waals surface area contributed by atoms with Crippen molar-refractivity contribution >= 4 is 5.91 Å². The quantitative estimate of drug-likeness (QED) is 0.860. The minimum absolute atomic E-state index is 0.0319. The Kier molecular flexibility index (Phi) is 4.83. The molecule has 2 heterocycles. The van der Waals surface area contributed by atoms with E-state index in [-0.39, 0.29) is 11.4 Å². The summed E-state index contributed by atoms with van der Waals surface area (Å²) in [5.74, 6) is -0.0319. The van der Waals surface area contributed by atoms with Crippen molar-refractivity contribution in [3.05, 3.63) is 24.0 Å². The Balaban J connectivity index is 2.09. The number of amides is 1. The van der Waals surface area contributed by atoms with E-state index in [1.54, 1.807) is 7.11 Å². The summed E-state index contributed by atoms with van der Waals surface area (Å²) in [6.45, 7) is 6.45. The molecule has 112 valence electrons. The number of rotatable bonds is 5. The number of hydrogen-bond donors (Lipinski definition) is 2. The Bertz CT molecular complexity index is 448. The Morgan fingerprint density at radius 3 is 2.85 bits per heavy atom. The molecule has 1 aliphatic heterocycles. The van der Waals surface area contributed by atoms with Crippen molar-refractivity contribution < 1.29 is 9.53 Å². The summed E-state index contributed by atoms with van der Waals surface area (Å²) in [4.78, 5) is 12.5. The Labute approximate surface area is 120 Å². The van der Waals surface area contributed by atoms with Crippen LogP contribution in [-0.4, -0.2) is 42.8 Å². The summed E-state index contributed by atoms with van der Waals surface area (Å²) in [6.07, 6.45) is 4.14. The van der Waals surface area contributed by atoms with Crippen molar-refractivity contribution in [2.24, 2.45) is 0 Å². The summed E-state index contributed by atoms with van der Waals surface area (Å²) < 4.78 is 7.25. The molecule has 0 spiro atoms. The van der Waals surface area contributed by atoms with E-state index in [1.807, 2.05) is 32.2 Å². The first-order valence-electron chi connectivity index (χ1n) is 7.22. The van der Waals surface area contributed by atoms with Crippen molar-refractivity contribution in [1.29, 1.82) is 0 Å². The molecule has 20 heavy (non-hydrogen) atoms. The van der Waals surface area contributed by atoms with Gasteiger partial charge in [-0.3, -0.25) is 4.79 Å². The minimum atomic E-state index is -0.366. The van der Waals surface area contributed by atoms with Crippen LogP contribution in [0, 0.1) is 0 Å². The lowest BCUT2D eigenvalue weighted by molar-refractivity contribution is 0.0808. The van der Waals surface area contributed by atoms with Crippen LogP contribution >= 0.6 is 0 Å². The van der Waals surface area contributed by atoms with Gasteiger partial charge in [-0.05, 0) is 51.9 Å². The molecule has 1 aromatic rings. The van der Waals surface area contributed by atoms with Crippen LogP contribution in [0.1, 0.15) is 43.2 Å². The van der Waals surface area contributed by atoms with Crippen LogP contribution in [0.3, 0.4) is 0 Å². The van der Waals surface area contributed by atoms with Crippen molar-refractivity contribution in [3.8, 4) is 0 Å². The zero-order valence-corrected chi connectivity index (χ0v) is 12.6. The number of piperidine rings is 1. The fourth-order valence-corrected chi connectivity index (χ4v) is 2.76. The molecule has 2 rings (SSSR count). The molecule has 0 aliphatic carbocycles. The van der Waals surface area contributed by atoms with Crippen molar-refractivity contribution in [3.63, 3.8) is 0 Å². The van der Waals surface area contributed by atoms with Crippen LogP contribution in [0.25, 0.3) is 0 Å². The van der Waals surface area contributed by atoms with Gasteiger partial charge in [0.1, 0.15) is 5.69 Å². The topological polar surface area (TPSA) is 55.3 Å². The highest BCUT2D eigenvalue weighted by atomic mass is 16.5. The molecule has 1 aromatic heterocycles. The second-order valence-corrected chi connectivity index (χ2v) is 6.05. The van der Waals surface area contributed by atoms with Crippen LogP contribution in [-0.2, 0) is 4.74 Å². The monoisotopic (exact) mass is 279 g/mol. The number of aromatic nitrogens is 1. The third-order valence-corrected chi connectivity index (χ3v) is 3.67. The Morgan fingerprint density at radius 1 is 1.50 bits per heavy atom. The SMILES string of the molecule is COCC(C)(C)NC(=O)c1cccn1C1CCNCC1. The highest BCUT2D eigenvalue weighted by Crippen LogP contribution is 2.21. The molecule has 0 bridgehead atoms. The maximum atomic E-state index is 12.5. The van der Waals surface area contributed by atoms with Gasteiger partial charge in [0.2, 0.25) is 0 Å². The molecule has 0 saturated carbocycles. The average Bonchev–Trinajstić information content (AvgIpc) is 2.88. The summed E-state index contributed by atoms with van der Waals surface area (Å²) >= 11 is 0. The highest BCUT2D eigenvalue weighted by Gasteiger charge is 2.24. The molecule has 1 saturated heterocycles. The fourth-order valence-electron chi connectivity index (χ4n) is 2.76. The van der Waals surface area contributed by atoms with E-state index in [9.17, 15) is 4.79 Å². The van der Waals surface area contributed by atoms with E-state index in [1.165, 1.54) is 0 Å². The predicted octanol–water partition coefficient (Wildman–Crippen LogP) is 1.57. The summed E-state index contributed by atoms with van der Waals surface area (Å²) in [6, 6.07) is 4.25. The van der Waals surface area contributed by atoms with E-state index in [2.05, 4.69) is 15.2 Å². The number of nitrogens with zero attached hydrogens (tertiary/aromatic N) is 1. The molecule has 0 aromatic carbocycles. The van der Waals surface area contributed by atoms with Crippen LogP contribution in [0.4, 0.5) is 0 Å². The normalized spacial score (nSPS) is 17.1. The standard InChI is InChI=1S/C15H25N3O2/c1-15(2,11-20-3)17-14(19)13-5-4-10-18(13)12-6-8-16-9-7-12/h4-5,10,12,16H,6-9,11H2,1-3H3,(H,17,19). The minimum Gasteiger partial charge on any atom is -0.382 e. The van der Waals surface area contributed by atoms with E-state index in [4.69, 9.17) is 4.74 Å². The first-order chi connectivity index (χ1) is 9.53. The molecular formula is C15H25N3O2. The zero-order valence-electron chi connectivity index (χ0n) is 12.6. The zero-order chi connectivity index (χ0) is 14.6. The largest absolute Gasteiger partial charge is 0.382 e. The molecule has 5 nitrogen and oxygen atoms in total. The smallest absolute Gasteiger partial charge is 0.268 e.